The Kier molecular flexibility index (Phi) is 5.68. The Bertz CT molecular complexity index is 1330. The van der Waals surface area contributed by atoms with E-state index in [1.807, 2.05) is 97.7 Å². The molecule has 2 heterocycles. The van der Waals surface area contributed by atoms with E-state index in [0.29, 0.717) is 24.7 Å². The molecule has 7 heteroatoms. The molecule has 1 aliphatic heterocycles. The quantitative estimate of drug-likeness (QED) is 0.396. The number of hydrogen-bond donors (Lipinski definition) is 1. The highest BCUT2D eigenvalue weighted by molar-refractivity contribution is 6.15. The number of anilines is 3. The molecule has 7 nitrogen and oxygen atoms in total. The van der Waals surface area contributed by atoms with Gasteiger partial charge in [-0.1, -0.05) is 30.3 Å². The van der Waals surface area contributed by atoms with E-state index in [2.05, 4.69) is 10.4 Å². The van der Waals surface area contributed by atoms with Crippen LogP contribution in [0.15, 0.2) is 89.0 Å². The summed E-state index contributed by atoms with van der Waals surface area (Å²) in [7, 11) is 0. The van der Waals surface area contributed by atoms with Gasteiger partial charge in [0.25, 0.3) is 0 Å². The van der Waals surface area contributed by atoms with Gasteiger partial charge in [0.15, 0.2) is 11.6 Å². The van der Waals surface area contributed by atoms with E-state index in [9.17, 15) is 0 Å². The van der Waals surface area contributed by atoms with E-state index in [0.717, 1.165) is 39.7 Å². The Morgan fingerprint density at radius 3 is 2.33 bits per heavy atom. The van der Waals surface area contributed by atoms with E-state index in [1.165, 1.54) is 0 Å². The number of amidine groups is 1. The van der Waals surface area contributed by atoms with Crippen LogP contribution in [-0.2, 0) is 0 Å². The summed E-state index contributed by atoms with van der Waals surface area (Å²) in [5.74, 6) is 2.73. The maximum atomic E-state index is 5.55. The number of benzene rings is 3. The van der Waals surface area contributed by atoms with Gasteiger partial charge in [0, 0.05) is 17.8 Å². The van der Waals surface area contributed by atoms with Gasteiger partial charge >= 0.3 is 0 Å². The molecule has 0 aliphatic carbocycles. The van der Waals surface area contributed by atoms with Crippen molar-refractivity contribution in [2.24, 2.45) is 10.1 Å². The van der Waals surface area contributed by atoms with E-state index in [1.54, 1.807) is 0 Å². The summed E-state index contributed by atoms with van der Waals surface area (Å²) in [5.41, 5.74) is 4.42. The number of hydrogen-bond acceptors (Lipinski definition) is 6. The second-order valence-electron chi connectivity index (χ2n) is 7.65. The normalized spacial score (nSPS) is 14.5. The minimum Gasteiger partial charge on any atom is -0.494 e. The lowest BCUT2D eigenvalue weighted by atomic mass is 10.2. The molecule has 3 aromatic carbocycles. The predicted octanol–water partition coefficient (Wildman–Crippen LogP) is 6.09. The minimum absolute atomic E-state index is 0.517. The van der Waals surface area contributed by atoms with Gasteiger partial charge in [-0.2, -0.15) is 5.10 Å². The standard InChI is InChI=1S/C26H24N6O/c1-3-33-21-15-13-19(14-16-21)27-25-26(29-23-12-8-7-11-22(23)28-25)30-24-17-18(2)31-32(24)20-9-5-4-6-10-20/h4-16H,3,17H2,1-2H3,(H,27,28). The minimum atomic E-state index is 0.517. The third-order valence-electron chi connectivity index (χ3n) is 5.15. The molecule has 0 saturated heterocycles. The fourth-order valence-electron chi connectivity index (χ4n) is 3.64. The molecule has 1 N–H and O–H groups in total. The van der Waals surface area contributed by atoms with Crippen molar-refractivity contribution in [2.45, 2.75) is 20.3 Å². The maximum Gasteiger partial charge on any atom is 0.198 e. The first kappa shape index (κ1) is 20.6. The summed E-state index contributed by atoms with van der Waals surface area (Å²) in [6.07, 6.45) is 0.645. The zero-order chi connectivity index (χ0) is 22.6. The number of aliphatic imine (C=N–C) groups is 1. The van der Waals surface area contributed by atoms with Gasteiger partial charge in [0.2, 0.25) is 0 Å². The number of fused-ring (bicyclic) bond motifs is 1. The van der Waals surface area contributed by atoms with Crippen LogP contribution in [0.5, 0.6) is 5.75 Å². The van der Waals surface area contributed by atoms with Crippen LogP contribution in [0.2, 0.25) is 0 Å². The van der Waals surface area contributed by atoms with Crippen LogP contribution in [0.25, 0.3) is 11.0 Å². The highest BCUT2D eigenvalue weighted by Gasteiger charge is 2.22. The lowest BCUT2D eigenvalue weighted by Gasteiger charge is -2.16. The zero-order valence-electron chi connectivity index (χ0n) is 18.6. The second kappa shape index (κ2) is 9.08. The largest absolute Gasteiger partial charge is 0.494 e. The van der Waals surface area contributed by atoms with Crippen molar-refractivity contribution < 1.29 is 4.74 Å². The summed E-state index contributed by atoms with van der Waals surface area (Å²) in [6.45, 7) is 4.60. The second-order valence-corrected chi connectivity index (χ2v) is 7.65. The molecule has 0 unspecified atom stereocenters. The van der Waals surface area contributed by atoms with Crippen molar-refractivity contribution in [1.82, 2.24) is 9.97 Å². The van der Waals surface area contributed by atoms with Crippen molar-refractivity contribution in [2.75, 3.05) is 16.9 Å². The summed E-state index contributed by atoms with van der Waals surface area (Å²) in [5, 5.41) is 9.93. The number of para-hydroxylation sites is 3. The highest BCUT2D eigenvalue weighted by atomic mass is 16.5. The molecule has 0 saturated carbocycles. The first-order valence-corrected chi connectivity index (χ1v) is 10.9. The van der Waals surface area contributed by atoms with Crippen LogP contribution < -0.4 is 15.1 Å². The Hall–Kier alpha value is -4.26. The van der Waals surface area contributed by atoms with E-state index < -0.39 is 0 Å². The molecule has 164 valence electrons. The maximum absolute atomic E-state index is 5.55. The van der Waals surface area contributed by atoms with Gasteiger partial charge < -0.3 is 10.1 Å². The summed E-state index contributed by atoms with van der Waals surface area (Å²) < 4.78 is 5.55. The van der Waals surface area contributed by atoms with Crippen LogP contribution in [0.4, 0.5) is 23.0 Å². The number of rotatable bonds is 6. The zero-order valence-corrected chi connectivity index (χ0v) is 18.6. The molecule has 1 aliphatic rings. The van der Waals surface area contributed by atoms with Crippen LogP contribution >= 0.6 is 0 Å². The molecule has 4 aromatic rings. The first-order chi connectivity index (χ1) is 16.2. The average Bonchev–Trinajstić information content (AvgIpc) is 3.21. The summed E-state index contributed by atoms with van der Waals surface area (Å²) >= 11 is 0. The van der Waals surface area contributed by atoms with Crippen molar-refractivity contribution in [3.63, 3.8) is 0 Å². The number of hydrazone groups is 1. The first-order valence-electron chi connectivity index (χ1n) is 10.9. The number of ether oxygens (including phenoxy) is 1. The van der Waals surface area contributed by atoms with Crippen LogP contribution in [-0.4, -0.2) is 28.1 Å². The molecule has 1 aromatic heterocycles. The third kappa shape index (κ3) is 4.52. The molecular formula is C26H24N6O. The lowest BCUT2D eigenvalue weighted by molar-refractivity contribution is 0.340. The summed E-state index contributed by atoms with van der Waals surface area (Å²) in [4.78, 5) is 14.6. The van der Waals surface area contributed by atoms with E-state index >= 15 is 0 Å². The van der Waals surface area contributed by atoms with Gasteiger partial charge in [0.1, 0.15) is 11.6 Å². The van der Waals surface area contributed by atoms with Crippen LogP contribution in [0.3, 0.4) is 0 Å². The highest BCUT2D eigenvalue weighted by Crippen LogP contribution is 2.30. The Morgan fingerprint density at radius 1 is 0.909 bits per heavy atom. The molecule has 5 rings (SSSR count). The average molecular weight is 437 g/mol. The Labute approximate surface area is 192 Å². The molecule has 33 heavy (non-hydrogen) atoms. The lowest BCUT2D eigenvalue weighted by Crippen LogP contribution is -2.20. The SMILES string of the molecule is CCOc1ccc(Nc2nc3ccccc3nc2N=C2CC(C)=NN2c2ccccc2)cc1. The molecule has 0 bridgehead atoms. The van der Waals surface area contributed by atoms with Crippen molar-refractivity contribution >= 4 is 45.6 Å². The van der Waals surface area contributed by atoms with Crippen LogP contribution in [0.1, 0.15) is 20.3 Å². The molecule has 0 radical (unpaired) electrons. The van der Waals surface area contributed by atoms with E-state index in [4.69, 9.17) is 19.7 Å². The van der Waals surface area contributed by atoms with E-state index in [-0.39, 0.29) is 0 Å². The van der Waals surface area contributed by atoms with Gasteiger partial charge in [0.05, 0.1) is 23.3 Å². The molecular weight excluding hydrogens is 412 g/mol. The molecule has 0 spiro atoms. The Balaban J connectivity index is 1.55. The van der Waals surface area contributed by atoms with Gasteiger partial charge in [-0.05, 0) is 62.4 Å². The van der Waals surface area contributed by atoms with Crippen LogP contribution in [0, 0.1) is 0 Å². The van der Waals surface area contributed by atoms with Gasteiger partial charge in [-0.3, -0.25) is 0 Å². The topological polar surface area (TPSA) is 75.0 Å². The smallest absolute Gasteiger partial charge is 0.198 e. The molecule has 0 atom stereocenters. The van der Waals surface area contributed by atoms with Gasteiger partial charge in [-0.15, -0.1) is 0 Å². The third-order valence-corrected chi connectivity index (χ3v) is 5.15. The summed E-state index contributed by atoms with van der Waals surface area (Å²) in [6, 6.07) is 25.6. The van der Waals surface area contributed by atoms with Crippen molar-refractivity contribution in [3.05, 3.63) is 78.9 Å². The number of nitrogens with zero attached hydrogens (tertiary/aromatic N) is 5. The van der Waals surface area contributed by atoms with Gasteiger partial charge in [-0.25, -0.2) is 20.0 Å². The monoisotopic (exact) mass is 436 g/mol. The predicted molar refractivity (Wildman–Crippen MR) is 134 cm³/mol. The molecule has 0 fully saturated rings. The fourth-order valence-corrected chi connectivity index (χ4v) is 3.64. The molecule has 0 amide bonds. The number of nitrogens with one attached hydrogen (secondary N) is 1. The fraction of sp³-hybridized carbons (Fsp3) is 0.154. The number of aromatic nitrogens is 2. The van der Waals surface area contributed by atoms with Crippen molar-refractivity contribution in [3.8, 4) is 5.75 Å². The van der Waals surface area contributed by atoms with Crippen molar-refractivity contribution in [1.29, 1.82) is 0 Å². The Morgan fingerprint density at radius 2 is 1.61 bits per heavy atom.